The van der Waals surface area contributed by atoms with E-state index in [9.17, 15) is 9.18 Å². The largest absolute Gasteiger partial charge is 0.494 e. The molecule has 0 bridgehead atoms. The minimum Gasteiger partial charge on any atom is -0.494 e. The second-order valence-corrected chi connectivity index (χ2v) is 7.56. The zero-order valence-electron chi connectivity index (χ0n) is 18.1. The average Bonchev–Trinajstić information content (AvgIpc) is 3.18. The van der Waals surface area contributed by atoms with Crippen molar-refractivity contribution in [3.63, 3.8) is 0 Å². The van der Waals surface area contributed by atoms with E-state index < -0.39 is 0 Å². The summed E-state index contributed by atoms with van der Waals surface area (Å²) in [6, 6.07) is 21.6. The van der Waals surface area contributed by atoms with Crippen molar-refractivity contribution in [1.82, 2.24) is 14.9 Å². The molecule has 164 valence electrons. The molecule has 3 aromatic carbocycles. The molecule has 0 saturated heterocycles. The summed E-state index contributed by atoms with van der Waals surface area (Å²) in [4.78, 5) is 17.1. The molecule has 4 rings (SSSR count). The predicted molar refractivity (Wildman–Crippen MR) is 123 cm³/mol. The van der Waals surface area contributed by atoms with Gasteiger partial charge in [-0.15, -0.1) is 0 Å². The molecular formula is C26H26FN3O2. The Morgan fingerprint density at radius 3 is 2.53 bits per heavy atom. The molecule has 0 spiro atoms. The fourth-order valence-corrected chi connectivity index (χ4v) is 3.61. The molecule has 0 saturated carbocycles. The molecule has 1 N–H and O–H groups in total. The minimum absolute atomic E-state index is 0.262. The fraction of sp³-hybridized carbons (Fsp3) is 0.231. The molecule has 32 heavy (non-hydrogen) atoms. The molecule has 0 aliphatic heterocycles. The van der Waals surface area contributed by atoms with E-state index in [1.165, 1.54) is 29.8 Å². The maximum Gasteiger partial charge on any atom is 0.251 e. The van der Waals surface area contributed by atoms with Crippen LogP contribution in [0.5, 0.6) is 5.75 Å². The molecular weight excluding hydrogens is 405 g/mol. The van der Waals surface area contributed by atoms with Crippen LogP contribution < -0.4 is 10.1 Å². The summed E-state index contributed by atoms with van der Waals surface area (Å²) < 4.78 is 21.1. The van der Waals surface area contributed by atoms with Gasteiger partial charge in [-0.1, -0.05) is 31.2 Å². The highest BCUT2D eigenvalue weighted by atomic mass is 19.1. The third kappa shape index (κ3) is 5.14. The zero-order valence-corrected chi connectivity index (χ0v) is 18.1. The Morgan fingerprint density at radius 1 is 1.03 bits per heavy atom. The van der Waals surface area contributed by atoms with Gasteiger partial charge in [-0.2, -0.15) is 0 Å². The maximum atomic E-state index is 13.1. The van der Waals surface area contributed by atoms with E-state index in [0.717, 1.165) is 42.0 Å². The van der Waals surface area contributed by atoms with Crippen molar-refractivity contribution in [3.05, 3.63) is 95.6 Å². The third-order valence-corrected chi connectivity index (χ3v) is 5.37. The number of halogens is 1. The summed E-state index contributed by atoms with van der Waals surface area (Å²) in [5.74, 6) is 1.01. The molecule has 6 heteroatoms. The van der Waals surface area contributed by atoms with E-state index >= 15 is 0 Å². The number of aryl methyl sites for hydroxylation is 2. The number of rotatable bonds is 9. The van der Waals surface area contributed by atoms with Crippen molar-refractivity contribution in [3.8, 4) is 5.75 Å². The Kier molecular flexibility index (Phi) is 6.80. The fourth-order valence-electron chi connectivity index (χ4n) is 3.61. The highest BCUT2D eigenvalue weighted by molar-refractivity contribution is 5.94. The van der Waals surface area contributed by atoms with Gasteiger partial charge in [0.2, 0.25) is 0 Å². The van der Waals surface area contributed by atoms with Crippen LogP contribution in [0.4, 0.5) is 4.39 Å². The Morgan fingerprint density at radius 2 is 1.78 bits per heavy atom. The molecule has 1 aromatic heterocycles. The topological polar surface area (TPSA) is 56.1 Å². The van der Waals surface area contributed by atoms with Gasteiger partial charge in [0.1, 0.15) is 17.4 Å². The van der Waals surface area contributed by atoms with Crippen LogP contribution in [0.2, 0.25) is 0 Å². The Bertz CT molecular complexity index is 1180. The van der Waals surface area contributed by atoms with Crippen molar-refractivity contribution < 1.29 is 13.9 Å². The smallest absolute Gasteiger partial charge is 0.251 e. The number of benzene rings is 3. The second-order valence-electron chi connectivity index (χ2n) is 7.56. The molecule has 1 heterocycles. The third-order valence-electron chi connectivity index (χ3n) is 5.37. The molecule has 5 nitrogen and oxygen atoms in total. The number of fused-ring (bicyclic) bond motifs is 1. The first-order valence-corrected chi connectivity index (χ1v) is 10.8. The summed E-state index contributed by atoms with van der Waals surface area (Å²) in [5.41, 5.74) is 3.60. The van der Waals surface area contributed by atoms with E-state index in [1.807, 2.05) is 36.4 Å². The lowest BCUT2D eigenvalue weighted by Gasteiger charge is -2.11. The minimum atomic E-state index is -0.369. The van der Waals surface area contributed by atoms with Gasteiger partial charge in [-0.3, -0.25) is 4.79 Å². The Balaban J connectivity index is 1.40. The maximum absolute atomic E-state index is 13.1. The van der Waals surface area contributed by atoms with Crippen molar-refractivity contribution >= 4 is 16.9 Å². The van der Waals surface area contributed by atoms with Crippen molar-refractivity contribution in [1.29, 1.82) is 0 Å². The highest BCUT2D eigenvalue weighted by Crippen LogP contribution is 2.18. The van der Waals surface area contributed by atoms with Gasteiger partial charge < -0.3 is 14.6 Å². The lowest BCUT2D eigenvalue weighted by atomic mass is 10.2. The predicted octanol–water partition coefficient (Wildman–Crippen LogP) is 5.14. The van der Waals surface area contributed by atoms with Gasteiger partial charge >= 0.3 is 0 Å². The van der Waals surface area contributed by atoms with Crippen LogP contribution in [0, 0.1) is 5.82 Å². The van der Waals surface area contributed by atoms with Crippen molar-refractivity contribution in [2.24, 2.45) is 0 Å². The Hall–Kier alpha value is -3.67. The normalized spacial score (nSPS) is 10.9. The van der Waals surface area contributed by atoms with Gasteiger partial charge in [-0.05, 0) is 66.9 Å². The average molecular weight is 432 g/mol. The molecule has 0 aliphatic carbocycles. The van der Waals surface area contributed by atoms with Crippen LogP contribution in [0.15, 0.2) is 72.8 Å². The lowest BCUT2D eigenvalue weighted by molar-refractivity contribution is 0.0949. The van der Waals surface area contributed by atoms with E-state index in [4.69, 9.17) is 9.72 Å². The van der Waals surface area contributed by atoms with Crippen LogP contribution in [-0.4, -0.2) is 22.1 Å². The monoisotopic (exact) mass is 431 g/mol. The molecule has 0 fully saturated rings. The number of ether oxygens (including phenoxy) is 1. The number of carbonyl (C=O) groups is 1. The summed E-state index contributed by atoms with van der Waals surface area (Å²) in [7, 11) is 0. The number of carbonyl (C=O) groups excluding carboxylic acids is 1. The van der Waals surface area contributed by atoms with Gasteiger partial charge in [0, 0.05) is 12.1 Å². The highest BCUT2D eigenvalue weighted by Gasteiger charge is 2.12. The van der Waals surface area contributed by atoms with E-state index in [0.29, 0.717) is 12.2 Å². The summed E-state index contributed by atoms with van der Waals surface area (Å²) in [6.45, 7) is 3.71. The molecule has 1 amide bonds. The van der Waals surface area contributed by atoms with Crippen LogP contribution in [0.3, 0.4) is 0 Å². The van der Waals surface area contributed by atoms with Gasteiger partial charge in [0.25, 0.3) is 5.91 Å². The van der Waals surface area contributed by atoms with Gasteiger partial charge in [0.05, 0.1) is 24.2 Å². The summed E-state index contributed by atoms with van der Waals surface area (Å²) in [5, 5.41) is 2.89. The van der Waals surface area contributed by atoms with E-state index in [2.05, 4.69) is 28.9 Å². The first-order chi connectivity index (χ1) is 15.6. The second kappa shape index (κ2) is 10.1. The number of hydrogen-bond donors (Lipinski definition) is 1. The Labute approximate surface area is 186 Å². The van der Waals surface area contributed by atoms with E-state index in [-0.39, 0.29) is 18.3 Å². The number of para-hydroxylation sites is 2. The molecule has 0 atom stereocenters. The molecule has 0 unspecified atom stereocenters. The first-order valence-electron chi connectivity index (χ1n) is 10.8. The standard InChI is InChI=1S/C26H26FN3O2/c1-2-19-8-14-22(15-9-19)32-17-5-16-30-24-7-4-3-6-23(24)29-25(30)18-28-26(31)20-10-12-21(27)13-11-20/h3-4,6-15H,2,5,16-18H2,1H3,(H,28,31). The number of nitrogens with zero attached hydrogens (tertiary/aromatic N) is 2. The number of amides is 1. The van der Waals surface area contributed by atoms with Gasteiger partial charge in [-0.25, -0.2) is 9.37 Å². The summed E-state index contributed by atoms with van der Waals surface area (Å²) in [6.07, 6.45) is 1.81. The quantitative estimate of drug-likeness (QED) is 0.374. The number of aromatic nitrogens is 2. The first kappa shape index (κ1) is 21.6. The lowest BCUT2D eigenvalue weighted by Crippen LogP contribution is -2.25. The molecule has 0 aliphatic rings. The van der Waals surface area contributed by atoms with Crippen molar-refractivity contribution in [2.45, 2.75) is 32.9 Å². The van der Waals surface area contributed by atoms with Crippen LogP contribution in [-0.2, 0) is 19.5 Å². The number of hydrogen-bond acceptors (Lipinski definition) is 3. The van der Waals surface area contributed by atoms with Crippen LogP contribution in [0.1, 0.15) is 35.1 Å². The number of imidazole rings is 1. The molecule has 0 radical (unpaired) electrons. The summed E-state index contributed by atoms with van der Waals surface area (Å²) >= 11 is 0. The van der Waals surface area contributed by atoms with Crippen LogP contribution in [0.25, 0.3) is 11.0 Å². The van der Waals surface area contributed by atoms with Gasteiger partial charge in [0.15, 0.2) is 0 Å². The van der Waals surface area contributed by atoms with Crippen molar-refractivity contribution in [2.75, 3.05) is 6.61 Å². The SMILES string of the molecule is CCc1ccc(OCCCn2c(CNC(=O)c3ccc(F)cc3)nc3ccccc32)cc1. The number of nitrogens with one attached hydrogen (secondary N) is 1. The van der Waals surface area contributed by atoms with E-state index in [1.54, 1.807) is 0 Å². The molecule has 4 aromatic rings. The zero-order chi connectivity index (χ0) is 22.3. The van der Waals surface area contributed by atoms with Crippen LogP contribution >= 0.6 is 0 Å².